The molecule has 1 saturated heterocycles. The summed E-state index contributed by atoms with van der Waals surface area (Å²) in [7, 11) is 1.57. The molecule has 0 aromatic heterocycles. The van der Waals surface area contributed by atoms with Crippen LogP contribution in [0.25, 0.3) is 6.08 Å². The number of rotatable bonds is 7. The molecule has 0 saturated carbocycles. The highest BCUT2D eigenvalue weighted by Gasteiger charge is 2.31. The maximum absolute atomic E-state index is 12.3. The Bertz CT molecular complexity index is 642. The minimum absolute atomic E-state index is 0.136. The Labute approximate surface area is 143 Å². The fourth-order valence-electron chi connectivity index (χ4n) is 1.83. The molecule has 0 aliphatic carbocycles. The molecule has 1 N–H and O–H groups in total. The molecule has 8 heteroatoms. The number of carboxylic acids is 1. The molecule has 0 atom stereocenters. The summed E-state index contributed by atoms with van der Waals surface area (Å²) in [5.41, 5.74) is 0.805. The van der Waals surface area contributed by atoms with Gasteiger partial charge in [-0.15, -0.1) is 0 Å². The van der Waals surface area contributed by atoms with Gasteiger partial charge >= 0.3 is 5.97 Å². The van der Waals surface area contributed by atoms with Gasteiger partial charge in [0.2, 0.25) is 0 Å². The first-order valence-corrected chi connectivity index (χ1v) is 7.92. The molecule has 1 aromatic carbocycles. The summed E-state index contributed by atoms with van der Waals surface area (Å²) >= 11 is 6.45. The van der Waals surface area contributed by atoms with Crippen LogP contribution in [0.4, 0.5) is 0 Å². The number of carbonyl (C=O) groups excluding carboxylic acids is 1. The SMILES string of the molecule is COCCN1C(=O)C(=Cc2ccc(OCC(=O)O)cc2)SC1=S. The number of carboxylic acid groups (broad SMARTS) is 1. The number of carbonyl (C=O) groups is 2. The molecular weight excluding hydrogens is 338 g/mol. The van der Waals surface area contributed by atoms with Gasteiger partial charge in [-0.25, -0.2) is 4.79 Å². The smallest absolute Gasteiger partial charge is 0.341 e. The van der Waals surface area contributed by atoms with Crippen LogP contribution in [-0.2, 0) is 14.3 Å². The van der Waals surface area contributed by atoms with Gasteiger partial charge < -0.3 is 14.6 Å². The van der Waals surface area contributed by atoms with Crippen LogP contribution in [0.2, 0.25) is 0 Å². The largest absolute Gasteiger partial charge is 0.482 e. The second kappa shape index (κ2) is 8.09. The van der Waals surface area contributed by atoms with Gasteiger partial charge in [-0.05, 0) is 23.8 Å². The average molecular weight is 353 g/mol. The van der Waals surface area contributed by atoms with Crippen LogP contribution < -0.4 is 4.74 Å². The number of ether oxygens (including phenoxy) is 2. The molecule has 1 aromatic rings. The molecule has 1 aliphatic rings. The topological polar surface area (TPSA) is 76.1 Å². The molecule has 0 radical (unpaired) electrons. The van der Waals surface area contributed by atoms with Gasteiger partial charge in [0.1, 0.15) is 10.1 Å². The van der Waals surface area contributed by atoms with Gasteiger partial charge in [0.05, 0.1) is 18.1 Å². The number of thioether (sulfide) groups is 1. The van der Waals surface area contributed by atoms with E-state index in [1.54, 1.807) is 37.5 Å². The Balaban J connectivity index is 2.05. The van der Waals surface area contributed by atoms with Crippen molar-refractivity contribution < 1.29 is 24.2 Å². The normalized spacial score (nSPS) is 16.2. The second-order valence-electron chi connectivity index (χ2n) is 4.58. The van der Waals surface area contributed by atoms with Crippen LogP contribution in [0.3, 0.4) is 0 Å². The maximum atomic E-state index is 12.3. The van der Waals surface area contributed by atoms with Gasteiger partial charge in [-0.2, -0.15) is 0 Å². The number of hydrogen-bond acceptors (Lipinski definition) is 6. The first-order valence-electron chi connectivity index (χ1n) is 6.70. The number of nitrogens with zero attached hydrogens (tertiary/aromatic N) is 1. The Morgan fingerprint density at radius 3 is 2.70 bits per heavy atom. The summed E-state index contributed by atoms with van der Waals surface area (Å²) in [5.74, 6) is -0.714. The maximum Gasteiger partial charge on any atom is 0.341 e. The second-order valence-corrected chi connectivity index (χ2v) is 6.25. The molecule has 23 heavy (non-hydrogen) atoms. The summed E-state index contributed by atoms with van der Waals surface area (Å²) in [4.78, 5) is 24.8. The summed E-state index contributed by atoms with van der Waals surface area (Å²) in [6, 6.07) is 6.80. The summed E-state index contributed by atoms with van der Waals surface area (Å²) in [5, 5.41) is 8.56. The molecule has 1 heterocycles. The van der Waals surface area contributed by atoms with E-state index in [0.717, 1.165) is 5.56 Å². The van der Waals surface area contributed by atoms with E-state index >= 15 is 0 Å². The standard InChI is InChI=1S/C15H15NO5S2/c1-20-7-6-16-14(19)12(23-15(16)22)8-10-2-4-11(5-3-10)21-9-13(17)18/h2-5,8H,6-7,9H2,1H3,(H,17,18). The number of benzene rings is 1. The van der Waals surface area contributed by atoms with Gasteiger partial charge in [0.15, 0.2) is 6.61 Å². The van der Waals surface area contributed by atoms with E-state index in [1.165, 1.54) is 16.7 Å². The van der Waals surface area contributed by atoms with Crippen LogP contribution in [0.5, 0.6) is 5.75 Å². The molecule has 0 bridgehead atoms. The molecule has 1 amide bonds. The van der Waals surface area contributed by atoms with Crippen LogP contribution in [0.15, 0.2) is 29.2 Å². The van der Waals surface area contributed by atoms with Crippen molar-refractivity contribution in [3.8, 4) is 5.75 Å². The molecule has 0 unspecified atom stereocenters. The molecule has 1 aliphatic heterocycles. The van der Waals surface area contributed by atoms with Crippen LogP contribution in [0.1, 0.15) is 5.56 Å². The van der Waals surface area contributed by atoms with Crippen LogP contribution in [-0.4, -0.2) is 53.1 Å². The zero-order chi connectivity index (χ0) is 16.8. The number of amides is 1. The molecule has 6 nitrogen and oxygen atoms in total. The first-order chi connectivity index (χ1) is 11.0. The van der Waals surface area contributed by atoms with Gasteiger partial charge in [-0.3, -0.25) is 9.69 Å². The number of thiocarbonyl (C=S) groups is 1. The fourth-order valence-corrected chi connectivity index (χ4v) is 3.14. The monoisotopic (exact) mass is 353 g/mol. The third-order valence-corrected chi connectivity index (χ3v) is 4.31. The fraction of sp³-hybridized carbons (Fsp3) is 0.267. The summed E-state index contributed by atoms with van der Waals surface area (Å²) in [6.45, 7) is 0.466. The van der Waals surface area contributed by atoms with Crippen molar-refractivity contribution in [1.29, 1.82) is 0 Å². The number of aliphatic carboxylic acids is 1. The van der Waals surface area contributed by atoms with Crippen LogP contribution in [0, 0.1) is 0 Å². The third-order valence-electron chi connectivity index (χ3n) is 2.93. The molecular formula is C15H15NO5S2. The van der Waals surface area contributed by atoms with Crippen molar-refractivity contribution in [3.05, 3.63) is 34.7 Å². The van der Waals surface area contributed by atoms with Crippen molar-refractivity contribution in [2.75, 3.05) is 26.9 Å². The van der Waals surface area contributed by atoms with E-state index in [0.29, 0.717) is 28.1 Å². The number of hydrogen-bond donors (Lipinski definition) is 1. The lowest BCUT2D eigenvalue weighted by atomic mass is 10.2. The van der Waals surface area contributed by atoms with Gasteiger partial charge in [0.25, 0.3) is 5.91 Å². The van der Waals surface area contributed by atoms with Crippen molar-refractivity contribution in [1.82, 2.24) is 4.90 Å². The lowest BCUT2D eigenvalue weighted by Gasteiger charge is -2.12. The predicted octanol–water partition coefficient (Wildman–Crippen LogP) is 2.00. The van der Waals surface area contributed by atoms with Crippen LogP contribution >= 0.6 is 24.0 Å². The first kappa shape index (κ1) is 17.5. The van der Waals surface area contributed by atoms with Crippen molar-refractivity contribution in [2.45, 2.75) is 0 Å². The zero-order valence-electron chi connectivity index (χ0n) is 12.4. The highest BCUT2D eigenvalue weighted by Crippen LogP contribution is 2.32. The average Bonchev–Trinajstić information content (AvgIpc) is 2.78. The van der Waals surface area contributed by atoms with Crippen molar-refractivity contribution in [2.24, 2.45) is 0 Å². The van der Waals surface area contributed by atoms with E-state index in [9.17, 15) is 9.59 Å². The molecule has 2 rings (SSSR count). The van der Waals surface area contributed by atoms with Gasteiger partial charge in [-0.1, -0.05) is 36.1 Å². The van der Waals surface area contributed by atoms with Crippen molar-refractivity contribution >= 4 is 46.3 Å². The van der Waals surface area contributed by atoms with E-state index < -0.39 is 12.6 Å². The van der Waals surface area contributed by atoms with E-state index in [-0.39, 0.29) is 5.91 Å². The van der Waals surface area contributed by atoms with E-state index in [2.05, 4.69) is 0 Å². The minimum Gasteiger partial charge on any atom is -0.482 e. The molecule has 122 valence electrons. The summed E-state index contributed by atoms with van der Waals surface area (Å²) in [6.07, 6.45) is 1.74. The lowest BCUT2D eigenvalue weighted by molar-refractivity contribution is -0.139. The highest BCUT2D eigenvalue weighted by molar-refractivity contribution is 8.26. The highest BCUT2D eigenvalue weighted by atomic mass is 32.2. The van der Waals surface area contributed by atoms with Gasteiger partial charge in [0, 0.05) is 7.11 Å². The zero-order valence-corrected chi connectivity index (χ0v) is 14.0. The van der Waals surface area contributed by atoms with E-state index in [1.807, 2.05) is 0 Å². The lowest BCUT2D eigenvalue weighted by Crippen LogP contribution is -2.31. The molecule has 1 fully saturated rings. The third kappa shape index (κ3) is 4.78. The summed E-state index contributed by atoms with van der Waals surface area (Å²) < 4.78 is 10.5. The number of methoxy groups -OCH3 is 1. The Morgan fingerprint density at radius 2 is 2.09 bits per heavy atom. The Kier molecular flexibility index (Phi) is 6.14. The Morgan fingerprint density at radius 1 is 1.39 bits per heavy atom. The minimum atomic E-state index is -1.03. The Hall–Kier alpha value is -1.90. The van der Waals surface area contributed by atoms with Crippen molar-refractivity contribution in [3.63, 3.8) is 0 Å². The molecule has 0 spiro atoms. The quantitative estimate of drug-likeness (QED) is 0.593. The van der Waals surface area contributed by atoms with E-state index in [4.69, 9.17) is 26.8 Å². The predicted molar refractivity (Wildman–Crippen MR) is 91.3 cm³/mol.